The predicted molar refractivity (Wildman–Crippen MR) is 109 cm³/mol. The van der Waals surface area contributed by atoms with Gasteiger partial charge >= 0.3 is 0 Å². The second kappa shape index (κ2) is 9.17. The first-order valence-corrected chi connectivity index (χ1v) is 9.83. The normalized spacial score (nSPS) is 17.3. The van der Waals surface area contributed by atoms with E-state index in [-0.39, 0.29) is 16.3 Å². The van der Waals surface area contributed by atoms with Crippen molar-refractivity contribution in [3.63, 3.8) is 0 Å². The lowest BCUT2D eigenvalue weighted by molar-refractivity contribution is -0.385. The molecule has 28 heavy (non-hydrogen) atoms. The zero-order chi connectivity index (χ0) is 20.1. The van der Waals surface area contributed by atoms with Gasteiger partial charge in [-0.2, -0.15) is 0 Å². The highest BCUT2D eigenvalue weighted by molar-refractivity contribution is 6.31. The van der Waals surface area contributed by atoms with E-state index >= 15 is 0 Å². The van der Waals surface area contributed by atoms with Gasteiger partial charge in [-0.25, -0.2) is 0 Å². The van der Waals surface area contributed by atoms with Gasteiger partial charge in [0.05, 0.1) is 4.92 Å². The van der Waals surface area contributed by atoms with Gasteiger partial charge in [0.15, 0.2) is 0 Å². The maximum absolute atomic E-state index is 12.5. The van der Waals surface area contributed by atoms with Crippen molar-refractivity contribution in [2.45, 2.75) is 32.9 Å². The van der Waals surface area contributed by atoms with Crippen LogP contribution in [-0.4, -0.2) is 28.8 Å². The van der Waals surface area contributed by atoms with Crippen LogP contribution in [0, 0.1) is 16.0 Å². The lowest BCUT2D eigenvalue weighted by atomic mass is 9.99. The Kier molecular flexibility index (Phi) is 6.65. The molecule has 1 saturated heterocycles. The van der Waals surface area contributed by atoms with E-state index in [2.05, 4.69) is 23.2 Å². The minimum Gasteiger partial charge on any atom is -0.348 e. The van der Waals surface area contributed by atoms with Crippen LogP contribution in [0.4, 0.5) is 5.69 Å². The largest absolute Gasteiger partial charge is 0.348 e. The van der Waals surface area contributed by atoms with Crippen LogP contribution in [0.25, 0.3) is 0 Å². The molecule has 1 atom stereocenters. The molecule has 1 aliphatic rings. The SMILES string of the molecule is C[C@@H]1CCCN(Cc2ccccc2CNC(=O)c2ccc(Cl)cc2[N+](=O)[O-])C1. The molecule has 2 aromatic carbocycles. The van der Waals surface area contributed by atoms with Crippen LogP contribution >= 0.6 is 11.6 Å². The highest BCUT2D eigenvalue weighted by atomic mass is 35.5. The molecule has 0 unspecified atom stereocenters. The number of piperidine rings is 1. The van der Waals surface area contributed by atoms with E-state index < -0.39 is 10.8 Å². The van der Waals surface area contributed by atoms with Crippen LogP contribution in [0.1, 0.15) is 41.3 Å². The van der Waals surface area contributed by atoms with Crippen LogP contribution < -0.4 is 5.32 Å². The Labute approximate surface area is 169 Å². The molecule has 2 aromatic rings. The molecular weight excluding hydrogens is 378 g/mol. The number of hydrogen-bond donors (Lipinski definition) is 1. The first kappa shape index (κ1) is 20.3. The Morgan fingerprint density at radius 1 is 1.29 bits per heavy atom. The molecule has 148 valence electrons. The molecule has 3 rings (SSSR count). The molecule has 1 heterocycles. The minimum absolute atomic E-state index is 0.0109. The highest BCUT2D eigenvalue weighted by Crippen LogP contribution is 2.24. The molecule has 0 spiro atoms. The molecule has 6 nitrogen and oxygen atoms in total. The number of benzene rings is 2. The summed E-state index contributed by atoms with van der Waals surface area (Å²) in [6.07, 6.45) is 2.48. The Hall–Kier alpha value is -2.44. The van der Waals surface area contributed by atoms with E-state index in [1.807, 2.05) is 18.2 Å². The average Bonchev–Trinajstić information content (AvgIpc) is 2.67. The van der Waals surface area contributed by atoms with Crippen LogP contribution in [-0.2, 0) is 13.1 Å². The Morgan fingerprint density at radius 2 is 2.04 bits per heavy atom. The first-order chi connectivity index (χ1) is 13.4. The fraction of sp³-hybridized carbons (Fsp3) is 0.381. The van der Waals surface area contributed by atoms with Crippen molar-refractivity contribution in [1.82, 2.24) is 10.2 Å². The van der Waals surface area contributed by atoms with Gasteiger partial charge in [-0.05, 0) is 48.6 Å². The molecular formula is C21H24ClN3O3. The van der Waals surface area contributed by atoms with Crippen LogP contribution in [0.15, 0.2) is 42.5 Å². The summed E-state index contributed by atoms with van der Waals surface area (Å²) in [5.74, 6) is 0.218. The van der Waals surface area contributed by atoms with Gasteiger partial charge in [-0.1, -0.05) is 42.8 Å². The van der Waals surface area contributed by atoms with Gasteiger partial charge in [0.1, 0.15) is 5.56 Å². The van der Waals surface area contributed by atoms with Crippen molar-refractivity contribution in [3.8, 4) is 0 Å². The lowest BCUT2D eigenvalue weighted by Gasteiger charge is -2.31. The lowest BCUT2D eigenvalue weighted by Crippen LogP contribution is -2.34. The van der Waals surface area contributed by atoms with Crippen molar-refractivity contribution in [2.24, 2.45) is 5.92 Å². The summed E-state index contributed by atoms with van der Waals surface area (Å²) in [6.45, 7) is 5.60. The average molecular weight is 402 g/mol. The number of nitro groups is 1. The van der Waals surface area contributed by atoms with Gasteiger partial charge in [-0.15, -0.1) is 0 Å². The summed E-state index contributed by atoms with van der Waals surface area (Å²) in [6, 6.07) is 12.1. The van der Waals surface area contributed by atoms with E-state index in [0.29, 0.717) is 12.5 Å². The van der Waals surface area contributed by atoms with Crippen molar-refractivity contribution in [1.29, 1.82) is 0 Å². The fourth-order valence-electron chi connectivity index (χ4n) is 3.67. The standard InChI is InChI=1S/C21H24ClN3O3/c1-15-5-4-10-24(13-15)14-17-7-3-2-6-16(17)12-23-21(26)19-9-8-18(22)11-20(19)25(27)28/h2-3,6-9,11,15H,4-5,10,12-14H2,1H3,(H,23,26)/t15-/m1/s1. The first-order valence-electron chi connectivity index (χ1n) is 9.45. The number of nitro benzene ring substituents is 1. The van der Waals surface area contributed by atoms with E-state index in [0.717, 1.165) is 25.2 Å². The number of hydrogen-bond acceptors (Lipinski definition) is 4. The van der Waals surface area contributed by atoms with Crippen LogP contribution in [0.5, 0.6) is 0 Å². The molecule has 0 radical (unpaired) electrons. The number of carbonyl (C=O) groups is 1. The van der Waals surface area contributed by atoms with E-state index in [9.17, 15) is 14.9 Å². The van der Waals surface area contributed by atoms with Gasteiger partial charge in [0, 0.05) is 30.7 Å². The van der Waals surface area contributed by atoms with Gasteiger partial charge in [0.2, 0.25) is 0 Å². The molecule has 0 aliphatic carbocycles. The van der Waals surface area contributed by atoms with Crippen molar-refractivity contribution in [2.75, 3.05) is 13.1 Å². The smallest absolute Gasteiger partial charge is 0.283 e. The number of nitrogens with one attached hydrogen (secondary N) is 1. The molecule has 1 N–H and O–H groups in total. The number of halogens is 1. The van der Waals surface area contributed by atoms with Gasteiger partial charge < -0.3 is 5.32 Å². The van der Waals surface area contributed by atoms with Gasteiger partial charge in [-0.3, -0.25) is 19.8 Å². The Bertz CT molecular complexity index is 872. The third kappa shape index (κ3) is 5.09. The summed E-state index contributed by atoms with van der Waals surface area (Å²) in [5, 5.41) is 14.3. The fourth-order valence-corrected chi connectivity index (χ4v) is 3.84. The van der Waals surface area contributed by atoms with Crippen molar-refractivity contribution in [3.05, 3.63) is 74.3 Å². The molecule has 7 heteroatoms. The second-order valence-corrected chi connectivity index (χ2v) is 7.79. The summed E-state index contributed by atoms with van der Waals surface area (Å²) in [5.41, 5.74) is 1.91. The Balaban J connectivity index is 1.70. The monoisotopic (exact) mass is 401 g/mol. The van der Waals surface area contributed by atoms with E-state index in [1.165, 1.54) is 36.6 Å². The highest BCUT2D eigenvalue weighted by Gasteiger charge is 2.21. The number of amides is 1. The number of carbonyl (C=O) groups excluding carboxylic acids is 1. The van der Waals surface area contributed by atoms with Crippen LogP contribution in [0.2, 0.25) is 5.02 Å². The minimum atomic E-state index is -0.591. The zero-order valence-electron chi connectivity index (χ0n) is 15.9. The number of rotatable bonds is 6. The molecule has 0 aromatic heterocycles. The summed E-state index contributed by atoms with van der Waals surface area (Å²) in [4.78, 5) is 25.6. The Morgan fingerprint density at radius 3 is 2.75 bits per heavy atom. The summed E-state index contributed by atoms with van der Waals surface area (Å²) >= 11 is 5.82. The van der Waals surface area contributed by atoms with E-state index in [1.54, 1.807) is 0 Å². The maximum atomic E-state index is 12.5. The molecule has 1 fully saturated rings. The molecule has 1 amide bonds. The van der Waals surface area contributed by atoms with Crippen LogP contribution in [0.3, 0.4) is 0 Å². The predicted octanol–water partition coefficient (Wildman–Crippen LogP) is 4.41. The number of likely N-dealkylation sites (tertiary alicyclic amines) is 1. The zero-order valence-corrected chi connectivity index (χ0v) is 16.6. The maximum Gasteiger partial charge on any atom is 0.283 e. The quantitative estimate of drug-likeness (QED) is 0.574. The summed E-state index contributed by atoms with van der Waals surface area (Å²) < 4.78 is 0. The third-order valence-electron chi connectivity index (χ3n) is 5.09. The van der Waals surface area contributed by atoms with E-state index in [4.69, 9.17) is 11.6 Å². The second-order valence-electron chi connectivity index (χ2n) is 7.35. The third-order valence-corrected chi connectivity index (χ3v) is 5.33. The molecule has 1 aliphatic heterocycles. The van der Waals surface area contributed by atoms with Crippen molar-refractivity contribution >= 4 is 23.2 Å². The van der Waals surface area contributed by atoms with Crippen molar-refractivity contribution < 1.29 is 9.72 Å². The summed E-state index contributed by atoms with van der Waals surface area (Å²) in [7, 11) is 0. The molecule has 0 bridgehead atoms. The molecule has 0 saturated carbocycles. The number of nitrogens with zero attached hydrogens (tertiary/aromatic N) is 2. The van der Waals surface area contributed by atoms with Gasteiger partial charge in [0.25, 0.3) is 11.6 Å². The topological polar surface area (TPSA) is 75.5 Å².